The highest BCUT2D eigenvalue weighted by atomic mass is 79.9. The Hall–Kier alpha value is -3.93. The minimum absolute atomic E-state index is 0.0158. The second-order valence-electron chi connectivity index (χ2n) is 6.38. The summed E-state index contributed by atoms with van der Waals surface area (Å²) in [7, 11) is 0. The Morgan fingerprint density at radius 3 is 2.20 bits per heavy atom. The van der Waals surface area contributed by atoms with Crippen molar-refractivity contribution >= 4 is 27.6 Å². The summed E-state index contributed by atoms with van der Waals surface area (Å²) in [5.41, 5.74) is 3.36. The minimum Gasteiger partial charge on any atom is -0.437 e. The number of anilines is 2. The zero-order valence-electron chi connectivity index (χ0n) is 16.2. The van der Waals surface area contributed by atoms with E-state index in [1.807, 2.05) is 13.8 Å². The van der Waals surface area contributed by atoms with Crippen molar-refractivity contribution in [2.24, 2.45) is 0 Å². The highest BCUT2D eigenvalue weighted by Crippen LogP contribution is 2.34. The van der Waals surface area contributed by atoms with Gasteiger partial charge < -0.3 is 4.74 Å². The molecule has 2 aromatic carbocycles. The van der Waals surface area contributed by atoms with Gasteiger partial charge in [-0.1, -0.05) is 0 Å². The lowest BCUT2D eigenvalue weighted by molar-refractivity contribution is 0.451. The predicted molar refractivity (Wildman–Crippen MR) is 114 cm³/mol. The lowest BCUT2D eigenvalue weighted by Crippen LogP contribution is -2.20. The van der Waals surface area contributed by atoms with E-state index >= 15 is 0 Å². The third-order valence-electron chi connectivity index (χ3n) is 4.27. The second kappa shape index (κ2) is 9.05. The first-order valence-corrected chi connectivity index (χ1v) is 9.62. The molecule has 0 bridgehead atoms. The van der Waals surface area contributed by atoms with Gasteiger partial charge in [-0.3, -0.25) is 4.90 Å². The largest absolute Gasteiger partial charge is 0.437 e. The lowest BCUT2D eigenvalue weighted by atomic mass is 10.1. The molecule has 3 aromatic rings. The normalized spacial score (nSPS) is 9.87. The summed E-state index contributed by atoms with van der Waals surface area (Å²) in [5, 5.41) is 27.4. The van der Waals surface area contributed by atoms with E-state index in [4.69, 9.17) is 15.3 Å². The number of ether oxygens (including phenoxy) is 1. The molecule has 0 N–H and O–H groups in total. The maximum Gasteiger partial charge on any atom is 0.238 e. The highest BCUT2D eigenvalue weighted by Gasteiger charge is 2.17. The van der Waals surface area contributed by atoms with Gasteiger partial charge in [0.1, 0.15) is 12.3 Å². The van der Waals surface area contributed by atoms with Gasteiger partial charge >= 0.3 is 0 Å². The molecule has 1 heterocycles. The molecule has 30 heavy (non-hydrogen) atoms. The van der Waals surface area contributed by atoms with Crippen LogP contribution in [0.4, 0.5) is 11.6 Å². The molecule has 0 atom stereocenters. The maximum atomic E-state index is 9.27. The molecule has 146 valence electrons. The molecule has 0 aliphatic heterocycles. The number of hydrogen-bond acceptors (Lipinski definition) is 7. The van der Waals surface area contributed by atoms with Crippen molar-refractivity contribution in [3.8, 4) is 29.8 Å². The van der Waals surface area contributed by atoms with E-state index in [1.165, 1.54) is 0 Å². The Labute approximate surface area is 182 Å². The van der Waals surface area contributed by atoms with Gasteiger partial charge in [0.2, 0.25) is 11.8 Å². The van der Waals surface area contributed by atoms with E-state index < -0.39 is 0 Å². The van der Waals surface area contributed by atoms with Crippen LogP contribution in [0.15, 0.2) is 47.1 Å². The topological polar surface area (TPSA) is 110 Å². The first-order valence-electron chi connectivity index (χ1n) is 8.83. The van der Waals surface area contributed by atoms with Crippen LogP contribution in [0.2, 0.25) is 0 Å². The third-order valence-corrected chi connectivity index (χ3v) is 4.81. The van der Waals surface area contributed by atoms with Crippen molar-refractivity contribution in [3.05, 3.63) is 69.3 Å². The van der Waals surface area contributed by atoms with Crippen LogP contribution in [0.5, 0.6) is 11.6 Å². The molecule has 1 aromatic heterocycles. The van der Waals surface area contributed by atoms with Crippen LogP contribution in [0.25, 0.3) is 0 Å². The first-order chi connectivity index (χ1) is 14.5. The molecule has 8 heteroatoms. The molecule has 0 aliphatic rings. The van der Waals surface area contributed by atoms with Gasteiger partial charge in [-0.2, -0.15) is 20.8 Å². The number of hydrogen-bond donors (Lipinski definition) is 0. The fourth-order valence-corrected chi connectivity index (χ4v) is 3.15. The molecule has 3 rings (SSSR count). The first kappa shape index (κ1) is 20.8. The molecule has 0 unspecified atom stereocenters. The Balaban J connectivity index is 2.00. The molecule has 0 aliphatic carbocycles. The summed E-state index contributed by atoms with van der Waals surface area (Å²) >= 11 is 3.41. The number of rotatable bonds is 5. The van der Waals surface area contributed by atoms with E-state index in [0.717, 1.165) is 11.1 Å². The van der Waals surface area contributed by atoms with Crippen molar-refractivity contribution in [2.45, 2.75) is 13.8 Å². The van der Waals surface area contributed by atoms with Crippen LogP contribution in [0, 0.1) is 47.8 Å². The molecule has 0 saturated heterocycles. The van der Waals surface area contributed by atoms with Crippen LogP contribution in [0.3, 0.4) is 0 Å². The van der Waals surface area contributed by atoms with Gasteiger partial charge in [0.15, 0.2) is 0 Å². The van der Waals surface area contributed by atoms with Gasteiger partial charge in [-0.05, 0) is 77.3 Å². The third kappa shape index (κ3) is 4.38. The van der Waals surface area contributed by atoms with Crippen LogP contribution in [0.1, 0.15) is 22.3 Å². The number of nitriles is 3. The van der Waals surface area contributed by atoms with Gasteiger partial charge in [-0.15, -0.1) is 0 Å². The standard InChI is InChI=1S/C22H15BrN6O/c1-14-9-17(12-26)10-15(2)20(14)30-21-19(23)13-27-22(28-21)29(8-7-24)18-5-3-16(11-25)4-6-18/h3-6,9-10,13H,8H2,1-2H3. The highest BCUT2D eigenvalue weighted by molar-refractivity contribution is 9.10. The molecular formula is C22H15BrN6O. The van der Waals surface area contributed by atoms with Crippen LogP contribution in [-0.2, 0) is 0 Å². The molecule has 0 radical (unpaired) electrons. The molecule has 0 amide bonds. The summed E-state index contributed by atoms with van der Waals surface area (Å²) in [6, 6.07) is 16.6. The van der Waals surface area contributed by atoms with Crippen molar-refractivity contribution in [2.75, 3.05) is 11.4 Å². The van der Waals surface area contributed by atoms with E-state index in [-0.39, 0.29) is 18.4 Å². The number of nitrogens with zero attached hydrogens (tertiary/aromatic N) is 6. The predicted octanol–water partition coefficient (Wildman–Crippen LogP) is 5.05. The Kier molecular flexibility index (Phi) is 6.27. The monoisotopic (exact) mass is 458 g/mol. The van der Waals surface area contributed by atoms with Crippen LogP contribution < -0.4 is 9.64 Å². The molecule has 7 nitrogen and oxygen atoms in total. The molecule has 0 saturated carbocycles. The second-order valence-corrected chi connectivity index (χ2v) is 7.23. The SMILES string of the molecule is Cc1cc(C#N)cc(C)c1Oc1nc(N(CC#N)c2ccc(C#N)cc2)ncc1Br. The van der Waals surface area contributed by atoms with E-state index in [9.17, 15) is 5.26 Å². The smallest absolute Gasteiger partial charge is 0.238 e. The van der Waals surface area contributed by atoms with Crippen molar-refractivity contribution in [3.63, 3.8) is 0 Å². The lowest BCUT2D eigenvalue weighted by Gasteiger charge is -2.20. The number of aromatic nitrogens is 2. The quantitative estimate of drug-likeness (QED) is 0.491. The summed E-state index contributed by atoms with van der Waals surface area (Å²) in [4.78, 5) is 10.4. The Bertz CT molecular complexity index is 1200. The van der Waals surface area contributed by atoms with Crippen molar-refractivity contribution in [1.29, 1.82) is 15.8 Å². The average molecular weight is 459 g/mol. The van der Waals surface area contributed by atoms with Gasteiger partial charge in [0, 0.05) is 5.69 Å². The van der Waals surface area contributed by atoms with Gasteiger partial charge in [0.25, 0.3) is 0 Å². The average Bonchev–Trinajstić information content (AvgIpc) is 2.76. The van der Waals surface area contributed by atoms with E-state index in [2.05, 4.69) is 44.1 Å². The van der Waals surface area contributed by atoms with E-state index in [1.54, 1.807) is 47.5 Å². The maximum absolute atomic E-state index is 9.27. The number of aryl methyl sites for hydroxylation is 2. The van der Waals surface area contributed by atoms with Crippen LogP contribution in [-0.4, -0.2) is 16.5 Å². The van der Waals surface area contributed by atoms with E-state index in [0.29, 0.717) is 27.0 Å². The zero-order chi connectivity index (χ0) is 21.7. The molecule has 0 fully saturated rings. The Morgan fingerprint density at radius 1 is 1.00 bits per heavy atom. The fourth-order valence-electron chi connectivity index (χ4n) is 2.88. The van der Waals surface area contributed by atoms with Crippen molar-refractivity contribution < 1.29 is 4.74 Å². The van der Waals surface area contributed by atoms with Gasteiger partial charge in [0.05, 0.1) is 40.0 Å². The summed E-state index contributed by atoms with van der Waals surface area (Å²) in [6.07, 6.45) is 1.56. The summed E-state index contributed by atoms with van der Waals surface area (Å²) < 4.78 is 6.60. The van der Waals surface area contributed by atoms with Crippen LogP contribution >= 0.6 is 15.9 Å². The number of halogens is 1. The number of benzene rings is 2. The summed E-state index contributed by atoms with van der Waals surface area (Å²) in [6.45, 7) is 3.73. The van der Waals surface area contributed by atoms with Gasteiger partial charge in [-0.25, -0.2) is 4.98 Å². The Morgan fingerprint density at radius 2 is 1.63 bits per heavy atom. The van der Waals surface area contributed by atoms with Crippen molar-refractivity contribution in [1.82, 2.24) is 9.97 Å². The zero-order valence-corrected chi connectivity index (χ0v) is 17.8. The minimum atomic E-state index is 0.0158. The molecular weight excluding hydrogens is 444 g/mol. The fraction of sp³-hybridized carbons (Fsp3) is 0.136. The molecule has 0 spiro atoms. The summed E-state index contributed by atoms with van der Waals surface area (Å²) in [5.74, 6) is 1.17.